The van der Waals surface area contributed by atoms with Crippen LogP contribution in [0.3, 0.4) is 0 Å². The summed E-state index contributed by atoms with van der Waals surface area (Å²) >= 11 is 0. The monoisotopic (exact) mass is 284 g/mol. The molecule has 20 heavy (non-hydrogen) atoms. The fraction of sp³-hybridized carbons (Fsp3) is 0.786. The smallest absolute Gasteiger partial charge is 0.321 e. The number of carbonyl (C=O) groups is 3. The van der Waals surface area contributed by atoms with Crippen LogP contribution in [0.1, 0.15) is 64.7 Å². The average Bonchev–Trinajstić information content (AvgIpc) is 2.34. The molecule has 1 aliphatic rings. The zero-order valence-electron chi connectivity index (χ0n) is 12.0. The zero-order valence-corrected chi connectivity index (χ0v) is 12.0. The van der Waals surface area contributed by atoms with Crippen LogP contribution in [-0.2, 0) is 9.59 Å². The van der Waals surface area contributed by atoms with Gasteiger partial charge in [0.25, 0.3) is 0 Å². The summed E-state index contributed by atoms with van der Waals surface area (Å²) in [6.07, 6.45) is 6.42. The van der Waals surface area contributed by atoms with Crippen LogP contribution in [0.15, 0.2) is 0 Å². The van der Waals surface area contributed by atoms with E-state index in [9.17, 15) is 14.4 Å². The third kappa shape index (κ3) is 6.54. The lowest BCUT2D eigenvalue weighted by Gasteiger charge is -2.34. The van der Waals surface area contributed by atoms with Gasteiger partial charge in [-0.2, -0.15) is 0 Å². The molecule has 3 N–H and O–H groups in total. The molecule has 1 fully saturated rings. The van der Waals surface area contributed by atoms with Gasteiger partial charge in [-0.15, -0.1) is 0 Å². The molecular formula is C14H24N2O4. The Bertz CT molecular complexity index is 362. The van der Waals surface area contributed by atoms with E-state index in [1.54, 1.807) is 0 Å². The predicted octanol–water partition coefficient (Wildman–Crippen LogP) is 2.18. The maximum absolute atomic E-state index is 11.7. The summed E-state index contributed by atoms with van der Waals surface area (Å²) in [5, 5.41) is 13.6. The molecule has 1 rings (SSSR count). The van der Waals surface area contributed by atoms with Crippen molar-refractivity contribution in [3.63, 3.8) is 0 Å². The Morgan fingerprint density at radius 1 is 1.05 bits per heavy atom. The second kappa shape index (κ2) is 7.87. The lowest BCUT2D eigenvalue weighted by Crippen LogP contribution is -2.52. The second-order valence-electron chi connectivity index (χ2n) is 5.72. The van der Waals surface area contributed by atoms with Crippen molar-refractivity contribution in [3.8, 4) is 0 Å². The topological polar surface area (TPSA) is 95.5 Å². The second-order valence-corrected chi connectivity index (χ2v) is 5.72. The van der Waals surface area contributed by atoms with Crippen LogP contribution in [0.4, 0.5) is 4.79 Å². The normalized spacial score (nSPS) is 17.2. The third-order valence-corrected chi connectivity index (χ3v) is 3.67. The molecular weight excluding hydrogens is 260 g/mol. The third-order valence-electron chi connectivity index (χ3n) is 3.67. The summed E-state index contributed by atoms with van der Waals surface area (Å²) in [6, 6.07) is -0.447. The van der Waals surface area contributed by atoms with Gasteiger partial charge in [-0.05, 0) is 32.6 Å². The number of imide groups is 1. The van der Waals surface area contributed by atoms with E-state index in [0.717, 1.165) is 25.7 Å². The van der Waals surface area contributed by atoms with Crippen molar-refractivity contribution in [1.82, 2.24) is 10.6 Å². The molecule has 0 aromatic carbocycles. The van der Waals surface area contributed by atoms with E-state index in [1.807, 2.05) is 6.92 Å². The molecule has 0 aromatic rings. The molecule has 114 valence electrons. The van der Waals surface area contributed by atoms with Crippen LogP contribution in [0.2, 0.25) is 0 Å². The van der Waals surface area contributed by atoms with Crippen molar-refractivity contribution in [1.29, 1.82) is 0 Å². The fourth-order valence-electron chi connectivity index (χ4n) is 2.51. The number of unbranched alkanes of at least 4 members (excludes halogenated alkanes) is 1. The first kappa shape index (κ1) is 16.5. The molecule has 0 bridgehead atoms. The minimum absolute atomic E-state index is 0.0531. The number of urea groups is 1. The molecule has 0 radical (unpaired) electrons. The Balaban J connectivity index is 2.20. The highest BCUT2D eigenvalue weighted by atomic mass is 16.4. The number of hydrogen-bond donors (Lipinski definition) is 3. The molecule has 0 aliphatic heterocycles. The van der Waals surface area contributed by atoms with Crippen LogP contribution in [-0.4, -0.2) is 28.6 Å². The number of aliphatic carboxylic acids is 1. The van der Waals surface area contributed by atoms with Gasteiger partial charge in [0.05, 0.1) is 0 Å². The van der Waals surface area contributed by atoms with Gasteiger partial charge in [-0.3, -0.25) is 14.9 Å². The van der Waals surface area contributed by atoms with Gasteiger partial charge in [0.2, 0.25) is 5.91 Å². The Kier molecular flexibility index (Phi) is 6.48. The standard InChI is InChI=1S/C14H24N2O4/c1-14(9-5-2-6-10-14)16-13(20)15-11(17)7-3-4-8-12(18)19/h2-10H2,1H3,(H,18,19)(H2,15,16,17,20). The van der Waals surface area contributed by atoms with Crippen molar-refractivity contribution < 1.29 is 19.5 Å². The predicted molar refractivity (Wildman–Crippen MR) is 74.3 cm³/mol. The molecule has 6 nitrogen and oxygen atoms in total. The minimum Gasteiger partial charge on any atom is -0.481 e. The highest BCUT2D eigenvalue weighted by Gasteiger charge is 2.28. The summed E-state index contributed by atoms with van der Waals surface area (Å²) in [6.45, 7) is 2.00. The first-order valence-corrected chi connectivity index (χ1v) is 7.25. The Morgan fingerprint density at radius 2 is 1.65 bits per heavy atom. The first-order chi connectivity index (χ1) is 9.41. The van der Waals surface area contributed by atoms with E-state index in [-0.39, 0.29) is 24.3 Å². The van der Waals surface area contributed by atoms with Gasteiger partial charge in [0, 0.05) is 18.4 Å². The van der Waals surface area contributed by atoms with Crippen LogP contribution in [0.25, 0.3) is 0 Å². The van der Waals surface area contributed by atoms with E-state index < -0.39 is 12.0 Å². The van der Waals surface area contributed by atoms with E-state index in [4.69, 9.17) is 5.11 Å². The van der Waals surface area contributed by atoms with E-state index >= 15 is 0 Å². The molecule has 0 spiro atoms. The number of carbonyl (C=O) groups excluding carboxylic acids is 2. The SMILES string of the molecule is CC1(NC(=O)NC(=O)CCCCC(=O)O)CCCCC1. The average molecular weight is 284 g/mol. The van der Waals surface area contributed by atoms with Gasteiger partial charge in [0.1, 0.15) is 0 Å². The van der Waals surface area contributed by atoms with Crippen LogP contribution < -0.4 is 10.6 Å². The minimum atomic E-state index is -0.867. The number of nitrogens with one attached hydrogen (secondary N) is 2. The molecule has 1 saturated carbocycles. The quantitative estimate of drug-likeness (QED) is 0.651. The van der Waals surface area contributed by atoms with Gasteiger partial charge >= 0.3 is 12.0 Å². The van der Waals surface area contributed by atoms with Crippen molar-refractivity contribution in [2.75, 3.05) is 0 Å². The highest BCUT2D eigenvalue weighted by Crippen LogP contribution is 2.27. The summed E-state index contributed by atoms with van der Waals surface area (Å²) in [4.78, 5) is 33.6. The van der Waals surface area contributed by atoms with Gasteiger partial charge in [-0.25, -0.2) is 4.79 Å². The number of carboxylic acids is 1. The first-order valence-electron chi connectivity index (χ1n) is 7.25. The molecule has 6 heteroatoms. The van der Waals surface area contributed by atoms with Crippen molar-refractivity contribution in [3.05, 3.63) is 0 Å². The van der Waals surface area contributed by atoms with E-state index in [2.05, 4.69) is 10.6 Å². The molecule has 3 amide bonds. The number of amides is 3. The van der Waals surface area contributed by atoms with Crippen molar-refractivity contribution in [2.45, 2.75) is 70.3 Å². The van der Waals surface area contributed by atoms with Gasteiger partial charge in [0.15, 0.2) is 0 Å². The Morgan fingerprint density at radius 3 is 2.25 bits per heavy atom. The maximum Gasteiger partial charge on any atom is 0.321 e. The van der Waals surface area contributed by atoms with Crippen LogP contribution in [0, 0.1) is 0 Å². The maximum atomic E-state index is 11.7. The Hall–Kier alpha value is -1.59. The number of carboxylic acid groups (broad SMARTS) is 1. The summed E-state index contributed by atoms with van der Waals surface area (Å²) in [5.74, 6) is -1.22. The largest absolute Gasteiger partial charge is 0.481 e. The molecule has 0 atom stereocenters. The van der Waals surface area contributed by atoms with E-state index in [0.29, 0.717) is 12.8 Å². The van der Waals surface area contributed by atoms with Gasteiger partial charge < -0.3 is 10.4 Å². The lowest BCUT2D eigenvalue weighted by molar-refractivity contribution is -0.137. The molecule has 0 aromatic heterocycles. The van der Waals surface area contributed by atoms with Crippen molar-refractivity contribution >= 4 is 17.9 Å². The molecule has 1 aliphatic carbocycles. The fourth-order valence-corrected chi connectivity index (χ4v) is 2.51. The van der Waals surface area contributed by atoms with Gasteiger partial charge in [-0.1, -0.05) is 19.3 Å². The number of rotatable bonds is 6. The summed E-state index contributed by atoms with van der Waals surface area (Å²) in [5.41, 5.74) is -0.216. The molecule has 0 saturated heterocycles. The Labute approximate surface area is 119 Å². The van der Waals surface area contributed by atoms with Crippen molar-refractivity contribution in [2.24, 2.45) is 0 Å². The lowest BCUT2D eigenvalue weighted by atomic mass is 9.83. The van der Waals surface area contributed by atoms with Crippen LogP contribution in [0.5, 0.6) is 0 Å². The summed E-state index contributed by atoms with van der Waals surface area (Å²) < 4.78 is 0. The number of hydrogen-bond acceptors (Lipinski definition) is 3. The summed E-state index contributed by atoms with van der Waals surface area (Å²) in [7, 11) is 0. The molecule has 0 unspecified atom stereocenters. The van der Waals surface area contributed by atoms with E-state index in [1.165, 1.54) is 6.42 Å². The zero-order chi connectivity index (χ0) is 15.0. The van der Waals surface area contributed by atoms with Crippen LogP contribution >= 0.6 is 0 Å². The molecule has 0 heterocycles. The highest BCUT2D eigenvalue weighted by molar-refractivity contribution is 5.94.